The highest BCUT2D eigenvalue weighted by atomic mass is 79.9. The number of likely N-dealkylation sites (N-methyl/N-ethyl adjacent to an activating group) is 1. The van der Waals surface area contributed by atoms with Gasteiger partial charge in [-0.2, -0.15) is 0 Å². The van der Waals surface area contributed by atoms with Crippen molar-refractivity contribution < 1.29 is 0 Å². The molecule has 2 nitrogen and oxygen atoms in total. The molecule has 1 aliphatic carbocycles. The van der Waals surface area contributed by atoms with E-state index in [1.54, 1.807) is 0 Å². The number of hydrogen-bond acceptors (Lipinski definition) is 2. The average molecular weight is 360 g/mol. The zero-order chi connectivity index (χ0) is 14.5. The summed E-state index contributed by atoms with van der Waals surface area (Å²) in [4.78, 5) is 2.57. The van der Waals surface area contributed by atoms with Crippen LogP contribution in [-0.4, -0.2) is 24.0 Å². The van der Waals surface area contributed by atoms with Crippen LogP contribution in [0.2, 0.25) is 5.02 Å². The Morgan fingerprint density at radius 1 is 1.35 bits per heavy atom. The highest BCUT2D eigenvalue weighted by molar-refractivity contribution is 9.10. The van der Waals surface area contributed by atoms with E-state index in [0.29, 0.717) is 12.6 Å². The van der Waals surface area contributed by atoms with Gasteiger partial charge in [0.25, 0.3) is 0 Å². The normalized spacial score (nSPS) is 18.4. The Hall–Kier alpha value is -0.0900. The van der Waals surface area contributed by atoms with Crippen LogP contribution in [0, 0.1) is 0 Å². The van der Waals surface area contributed by atoms with E-state index >= 15 is 0 Å². The van der Waals surface area contributed by atoms with Crippen LogP contribution in [0.4, 0.5) is 0 Å². The van der Waals surface area contributed by atoms with Gasteiger partial charge in [0.15, 0.2) is 0 Å². The fourth-order valence-electron chi connectivity index (χ4n) is 3.33. The van der Waals surface area contributed by atoms with Crippen LogP contribution in [0.15, 0.2) is 22.7 Å². The maximum Gasteiger partial charge on any atom is 0.0551 e. The first kappa shape index (κ1) is 16.3. The standard InChI is InChI=1S/C16H24BrClN2/c1-2-20(13-6-4-3-5-7-13)16(11-19)12-8-9-14(17)15(18)10-12/h8-10,13,16H,2-7,11,19H2,1H3. The van der Waals surface area contributed by atoms with E-state index in [-0.39, 0.29) is 6.04 Å². The van der Waals surface area contributed by atoms with Gasteiger partial charge in [-0.25, -0.2) is 0 Å². The van der Waals surface area contributed by atoms with Crippen LogP contribution in [0.3, 0.4) is 0 Å². The summed E-state index contributed by atoms with van der Waals surface area (Å²) in [6, 6.07) is 7.15. The SMILES string of the molecule is CCN(C1CCCCC1)C(CN)c1ccc(Br)c(Cl)c1. The lowest BCUT2D eigenvalue weighted by molar-refractivity contribution is 0.114. The van der Waals surface area contributed by atoms with Gasteiger partial charge in [-0.1, -0.05) is 43.9 Å². The number of nitrogens with two attached hydrogens (primary N) is 1. The van der Waals surface area contributed by atoms with Gasteiger partial charge in [-0.05, 0) is 53.0 Å². The average Bonchev–Trinajstić information content (AvgIpc) is 2.48. The number of halogens is 2. The summed E-state index contributed by atoms with van der Waals surface area (Å²) >= 11 is 9.70. The van der Waals surface area contributed by atoms with Gasteiger partial charge in [-0.15, -0.1) is 0 Å². The van der Waals surface area contributed by atoms with Crippen molar-refractivity contribution in [2.75, 3.05) is 13.1 Å². The van der Waals surface area contributed by atoms with Crippen molar-refractivity contribution >= 4 is 27.5 Å². The molecule has 0 aliphatic heterocycles. The first-order valence-corrected chi connectivity index (χ1v) is 8.75. The monoisotopic (exact) mass is 358 g/mol. The molecule has 0 heterocycles. The summed E-state index contributed by atoms with van der Waals surface area (Å²) in [6.07, 6.45) is 6.67. The Bertz CT molecular complexity index is 432. The second-order valence-electron chi connectivity index (χ2n) is 5.55. The van der Waals surface area contributed by atoms with Crippen molar-refractivity contribution in [2.45, 2.75) is 51.1 Å². The third-order valence-corrected chi connectivity index (χ3v) is 5.59. The molecular formula is C16H24BrClN2. The highest BCUT2D eigenvalue weighted by Crippen LogP contribution is 2.32. The highest BCUT2D eigenvalue weighted by Gasteiger charge is 2.26. The smallest absolute Gasteiger partial charge is 0.0551 e. The quantitative estimate of drug-likeness (QED) is 0.821. The third kappa shape index (κ3) is 3.76. The molecule has 0 aromatic heterocycles. The number of benzene rings is 1. The van der Waals surface area contributed by atoms with Gasteiger partial charge in [0.1, 0.15) is 0 Å². The molecule has 2 rings (SSSR count). The van der Waals surface area contributed by atoms with Gasteiger partial charge in [0.05, 0.1) is 5.02 Å². The first-order valence-electron chi connectivity index (χ1n) is 7.58. The fraction of sp³-hybridized carbons (Fsp3) is 0.625. The Morgan fingerprint density at radius 2 is 2.05 bits per heavy atom. The minimum absolute atomic E-state index is 0.272. The molecule has 0 spiro atoms. The summed E-state index contributed by atoms with van der Waals surface area (Å²) in [5.74, 6) is 0. The van der Waals surface area contributed by atoms with Crippen LogP contribution in [0.1, 0.15) is 50.6 Å². The van der Waals surface area contributed by atoms with E-state index in [1.807, 2.05) is 6.07 Å². The van der Waals surface area contributed by atoms with Crippen molar-refractivity contribution in [2.24, 2.45) is 5.73 Å². The molecule has 1 aromatic rings. The van der Waals surface area contributed by atoms with Crippen LogP contribution in [0.5, 0.6) is 0 Å². The van der Waals surface area contributed by atoms with Gasteiger partial charge in [0.2, 0.25) is 0 Å². The van der Waals surface area contributed by atoms with Gasteiger partial charge < -0.3 is 5.73 Å². The minimum atomic E-state index is 0.272. The van der Waals surface area contributed by atoms with E-state index in [0.717, 1.165) is 16.0 Å². The first-order chi connectivity index (χ1) is 9.67. The molecule has 1 fully saturated rings. The van der Waals surface area contributed by atoms with Gasteiger partial charge >= 0.3 is 0 Å². The topological polar surface area (TPSA) is 29.3 Å². The van der Waals surface area contributed by atoms with Gasteiger partial charge in [0, 0.05) is 23.1 Å². The molecular weight excluding hydrogens is 336 g/mol. The second kappa shape index (κ2) is 7.79. The number of hydrogen-bond donors (Lipinski definition) is 1. The van der Waals surface area contributed by atoms with E-state index in [4.69, 9.17) is 17.3 Å². The summed E-state index contributed by atoms with van der Waals surface area (Å²) in [5.41, 5.74) is 7.31. The number of nitrogens with zero attached hydrogens (tertiary/aromatic N) is 1. The fourth-order valence-corrected chi connectivity index (χ4v) is 3.76. The number of rotatable bonds is 5. The maximum absolute atomic E-state index is 6.24. The largest absolute Gasteiger partial charge is 0.329 e. The molecule has 0 bridgehead atoms. The Kier molecular flexibility index (Phi) is 6.34. The van der Waals surface area contributed by atoms with E-state index in [1.165, 1.54) is 37.7 Å². The molecule has 1 unspecified atom stereocenters. The van der Waals surface area contributed by atoms with E-state index in [9.17, 15) is 0 Å². The predicted octanol–water partition coefficient (Wildman–Crippen LogP) is 4.76. The molecule has 112 valence electrons. The van der Waals surface area contributed by atoms with Crippen LogP contribution in [0.25, 0.3) is 0 Å². The third-order valence-electron chi connectivity index (χ3n) is 4.36. The zero-order valence-electron chi connectivity index (χ0n) is 12.1. The summed E-state index contributed by atoms with van der Waals surface area (Å²) in [5, 5.41) is 0.764. The minimum Gasteiger partial charge on any atom is -0.329 e. The maximum atomic E-state index is 6.24. The molecule has 1 aliphatic rings. The van der Waals surface area contributed by atoms with Crippen molar-refractivity contribution in [3.8, 4) is 0 Å². The molecule has 1 atom stereocenters. The van der Waals surface area contributed by atoms with Crippen molar-refractivity contribution in [3.05, 3.63) is 33.3 Å². The van der Waals surface area contributed by atoms with Crippen molar-refractivity contribution in [1.29, 1.82) is 0 Å². The predicted molar refractivity (Wildman–Crippen MR) is 90.2 cm³/mol. The molecule has 1 saturated carbocycles. The van der Waals surface area contributed by atoms with Crippen molar-refractivity contribution in [1.82, 2.24) is 4.90 Å². The molecule has 0 amide bonds. The Balaban J connectivity index is 2.21. The van der Waals surface area contributed by atoms with Crippen LogP contribution >= 0.6 is 27.5 Å². The summed E-state index contributed by atoms with van der Waals surface area (Å²) in [7, 11) is 0. The second-order valence-corrected chi connectivity index (χ2v) is 6.81. The Morgan fingerprint density at radius 3 is 2.60 bits per heavy atom. The lowest BCUT2D eigenvalue weighted by Gasteiger charge is -2.39. The lowest BCUT2D eigenvalue weighted by atomic mass is 9.92. The lowest BCUT2D eigenvalue weighted by Crippen LogP contribution is -2.42. The van der Waals surface area contributed by atoms with Crippen LogP contribution < -0.4 is 5.73 Å². The molecule has 4 heteroatoms. The van der Waals surface area contributed by atoms with E-state index < -0.39 is 0 Å². The van der Waals surface area contributed by atoms with E-state index in [2.05, 4.69) is 39.9 Å². The molecule has 0 radical (unpaired) electrons. The van der Waals surface area contributed by atoms with Gasteiger partial charge in [-0.3, -0.25) is 4.90 Å². The zero-order valence-corrected chi connectivity index (χ0v) is 14.5. The van der Waals surface area contributed by atoms with Crippen LogP contribution in [-0.2, 0) is 0 Å². The Labute approximate surface area is 135 Å². The molecule has 0 saturated heterocycles. The molecule has 2 N–H and O–H groups in total. The molecule has 1 aromatic carbocycles. The summed E-state index contributed by atoms with van der Waals surface area (Å²) in [6.45, 7) is 3.92. The van der Waals surface area contributed by atoms with Crippen molar-refractivity contribution in [3.63, 3.8) is 0 Å². The summed E-state index contributed by atoms with van der Waals surface area (Å²) < 4.78 is 0.944. The molecule has 20 heavy (non-hydrogen) atoms.